The van der Waals surface area contributed by atoms with E-state index >= 15 is 0 Å². The highest BCUT2D eigenvalue weighted by Gasteiger charge is 2.33. The minimum absolute atomic E-state index is 0.0133. The molecule has 7 heteroatoms. The molecule has 5 nitrogen and oxygen atoms in total. The van der Waals surface area contributed by atoms with Gasteiger partial charge in [-0.25, -0.2) is 8.42 Å². The van der Waals surface area contributed by atoms with Gasteiger partial charge in [-0.3, -0.25) is 9.10 Å². The second-order valence-corrected chi connectivity index (χ2v) is 9.98. The molecule has 1 amide bonds. The molecular formula is C21H25BrN2O3S. The molecule has 1 aliphatic rings. The zero-order chi connectivity index (χ0) is 20.8. The Labute approximate surface area is 175 Å². The molecule has 0 fully saturated rings. The number of anilines is 2. The number of sulfonamides is 1. The number of hydrogen-bond donors (Lipinski definition) is 0. The first kappa shape index (κ1) is 20.9. The molecule has 2 aromatic carbocycles. The zero-order valence-electron chi connectivity index (χ0n) is 16.8. The first-order chi connectivity index (χ1) is 13.1. The number of hydrogen-bond acceptors (Lipinski definition) is 3. The highest BCUT2D eigenvalue weighted by molar-refractivity contribution is 9.10. The number of benzene rings is 2. The molecule has 0 radical (unpaired) electrons. The molecule has 2 aromatic rings. The van der Waals surface area contributed by atoms with Crippen molar-refractivity contribution < 1.29 is 13.2 Å². The van der Waals surface area contributed by atoms with Crippen LogP contribution in [0.5, 0.6) is 0 Å². The summed E-state index contributed by atoms with van der Waals surface area (Å²) in [4.78, 5) is 13.9. The van der Waals surface area contributed by atoms with Crippen LogP contribution in [0.15, 0.2) is 39.7 Å². The van der Waals surface area contributed by atoms with Crippen molar-refractivity contribution in [2.24, 2.45) is 0 Å². The van der Waals surface area contributed by atoms with E-state index < -0.39 is 10.0 Å². The number of amides is 1. The fourth-order valence-electron chi connectivity index (χ4n) is 3.79. The van der Waals surface area contributed by atoms with E-state index in [-0.39, 0.29) is 16.8 Å². The molecule has 1 heterocycles. The van der Waals surface area contributed by atoms with Gasteiger partial charge in [0.05, 0.1) is 5.69 Å². The molecule has 0 N–H and O–H groups in total. The highest BCUT2D eigenvalue weighted by Crippen LogP contribution is 2.39. The second kappa shape index (κ2) is 7.52. The van der Waals surface area contributed by atoms with Crippen molar-refractivity contribution in [2.75, 3.05) is 15.7 Å². The quantitative estimate of drug-likeness (QED) is 0.665. The smallest absolute Gasteiger partial charge is 0.265 e. The first-order valence-corrected chi connectivity index (χ1v) is 11.5. The zero-order valence-corrected chi connectivity index (χ0v) is 19.2. The normalized spacial score (nSPS) is 16.2. The van der Waals surface area contributed by atoms with Crippen LogP contribution in [0.4, 0.5) is 11.4 Å². The van der Waals surface area contributed by atoms with Crippen molar-refractivity contribution in [3.63, 3.8) is 0 Å². The van der Waals surface area contributed by atoms with Gasteiger partial charge in [0.15, 0.2) is 0 Å². The number of carbonyl (C=O) groups is 1. The summed E-state index contributed by atoms with van der Waals surface area (Å²) < 4.78 is 29.0. The van der Waals surface area contributed by atoms with Crippen LogP contribution in [0.1, 0.15) is 37.5 Å². The lowest BCUT2D eigenvalue weighted by Crippen LogP contribution is -2.34. The van der Waals surface area contributed by atoms with Gasteiger partial charge >= 0.3 is 0 Å². The first-order valence-electron chi connectivity index (χ1n) is 9.30. The third-order valence-electron chi connectivity index (χ3n) is 5.32. The number of halogens is 1. The predicted octanol–water partition coefficient (Wildman–Crippen LogP) is 4.58. The van der Waals surface area contributed by atoms with Gasteiger partial charge in [0.2, 0.25) is 5.91 Å². The molecule has 0 spiro atoms. The molecule has 1 aliphatic heterocycles. The lowest BCUT2D eigenvalue weighted by Gasteiger charge is -2.26. The lowest BCUT2D eigenvalue weighted by molar-refractivity contribution is -0.116. The summed E-state index contributed by atoms with van der Waals surface area (Å²) in [7, 11) is -3.80. The molecule has 1 atom stereocenters. The van der Waals surface area contributed by atoms with Crippen LogP contribution < -0.4 is 9.21 Å². The van der Waals surface area contributed by atoms with Crippen LogP contribution >= 0.6 is 15.9 Å². The van der Waals surface area contributed by atoms with Gasteiger partial charge < -0.3 is 4.90 Å². The third kappa shape index (κ3) is 3.46. The Morgan fingerprint density at radius 3 is 2.46 bits per heavy atom. The van der Waals surface area contributed by atoms with Crippen molar-refractivity contribution in [3.8, 4) is 0 Å². The van der Waals surface area contributed by atoms with E-state index in [9.17, 15) is 13.2 Å². The lowest BCUT2D eigenvalue weighted by atomic mass is 10.1. The average Bonchev–Trinajstić information content (AvgIpc) is 2.92. The molecule has 0 unspecified atom stereocenters. The maximum atomic E-state index is 13.5. The van der Waals surface area contributed by atoms with E-state index in [1.54, 1.807) is 11.0 Å². The van der Waals surface area contributed by atoms with Crippen molar-refractivity contribution in [1.82, 2.24) is 0 Å². The van der Waals surface area contributed by atoms with Crippen molar-refractivity contribution in [2.45, 2.75) is 52.0 Å². The van der Waals surface area contributed by atoms with Crippen LogP contribution in [0.25, 0.3) is 0 Å². The van der Waals surface area contributed by atoms with Crippen LogP contribution in [0.2, 0.25) is 0 Å². The van der Waals surface area contributed by atoms with Crippen molar-refractivity contribution in [3.05, 3.63) is 51.5 Å². The van der Waals surface area contributed by atoms with E-state index in [2.05, 4.69) is 15.9 Å². The topological polar surface area (TPSA) is 57.7 Å². The standard InChI is InChI=1S/C21H25BrN2O3S/c1-6-23(18-8-7-13(2)14(3)9-18)28(26,27)21-12-20-17(11-19(21)22)10-15(4)24(20)16(5)25/h7-9,11-12,15H,6,10H2,1-5H3/t15-/m1/s1. The molecule has 28 heavy (non-hydrogen) atoms. The number of carbonyl (C=O) groups excluding carboxylic acids is 1. The second-order valence-electron chi connectivity index (χ2n) is 7.29. The van der Waals surface area contributed by atoms with E-state index in [1.165, 1.54) is 11.2 Å². The third-order valence-corrected chi connectivity index (χ3v) is 8.18. The summed E-state index contributed by atoms with van der Waals surface area (Å²) in [5, 5.41) is 0. The Morgan fingerprint density at radius 1 is 1.21 bits per heavy atom. The maximum Gasteiger partial charge on any atom is 0.265 e. The van der Waals surface area contributed by atoms with Crippen molar-refractivity contribution >= 4 is 43.2 Å². The summed E-state index contributed by atoms with van der Waals surface area (Å²) in [5.41, 5.74) is 4.44. The van der Waals surface area contributed by atoms with Gasteiger partial charge in [-0.1, -0.05) is 6.07 Å². The Bertz CT molecular complexity index is 1050. The molecule has 0 saturated carbocycles. The van der Waals surface area contributed by atoms with Gasteiger partial charge in [0, 0.05) is 29.7 Å². The van der Waals surface area contributed by atoms with Crippen LogP contribution in [-0.4, -0.2) is 26.9 Å². The summed E-state index contributed by atoms with van der Waals surface area (Å²) in [6.45, 7) is 9.57. The fourth-order valence-corrected chi connectivity index (χ4v) is 6.33. The predicted molar refractivity (Wildman–Crippen MR) is 117 cm³/mol. The average molecular weight is 465 g/mol. The van der Waals surface area contributed by atoms with Crippen LogP contribution in [0.3, 0.4) is 0 Å². The molecule has 150 valence electrons. The van der Waals surface area contributed by atoms with Crippen LogP contribution in [-0.2, 0) is 21.2 Å². The molecule has 0 saturated heterocycles. The molecule has 0 aromatic heterocycles. The Morgan fingerprint density at radius 2 is 1.89 bits per heavy atom. The van der Waals surface area contributed by atoms with Crippen LogP contribution in [0, 0.1) is 13.8 Å². The van der Waals surface area contributed by atoms with Gasteiger partial charge in [0.25, 0.3) is 10.0 Å². The maximum absolute atomic E-state index is 13.5. The monoisotopic (exact) mass is 464 g/mol. The minimum atomic E-state index is -3.80. The summed E-state index contributed by atoms with van der Waals surface area (Å²) in [6.07, 6.45) is 0.711. The Balaban J connectivity index is 2.13. The highest BCUT2D eigenvalue weighted by atomic mass is 79.9. The van der Waals surface area contributed by atoms with E-state index in [1.807, 2.05) is 52.0 Å². The molecular weight excluding hydrogens is 440 g/mol. The Kier molecular flexibility index (Phi) is 5.60. The van der Waals surface area contributed by atoms with Gasteiger partial charge in [-0.15, -0.1) is 0 Å². The molecule has 0 aliphatic carbocycles. The summed E-state index contributed by atoms with van der Waals surface area (Å²) in [6, 6.07) is 9.12. The van der Waals surface area contributed by atoms with E-state index in [4.69, 9.17) is 0 Å². The summed E-state index contributed by atoms with van der Waals surface area (Å²) >= 11 is 3.45. The number of rotatable bonds is 4. The fraction of sp³-hybridized carbons (Fsp3) is 0.381. The molecule has 0 bridgehead atoms. The number of fused-ring (bicyclic) bond motifs is 1. The van der Waals surface area contributed by atoms with Gasteiger partial charge in [0.1, 0.15) is 4.90 Å². The van der Waals surface area contributed by atoms with E-state index in [0.29, 0.717) is 28.8 Å². The largest absolute Gasteiger partial charge is 0.309 e. The minimum Gasteiger partial charge on any atom is -0.309 e. The van der Waals surface area contributed by atoms with Gasteiger partial charge in [-0.05, 0) is 91.0 Å². The molecule has 3 rings (SSSR count). The van der Waals surface area contributed by atoms with Crippen molar-refractivity contribution in [1.29, 1.82) is 0 Å². The Hall–Kier alpha value is -1.86. The van der Waals surface area contributed by atoms with E-state index in [0.717, 1.165) is 16.7 Å². The summed E-state index contributed by atoms with van der Waals surface area (Å²) in [5.74, 6) is -0.0848. The number of nitrogens with zero attached hydrogens (tertiary/aromatic N) is 2. The SMILES string of the molecule is CCN(c1ccc(C)c(C)c1)S(=O)(=O)c1cc2c(cc1Br)C[C@@H](C)N2C(C)=O. The van der Waals surface area contributed by atoms with Gasteiger partial charge in [-0.2, -0.15) is 0 Å². The number of aryl methyl sites for hydroxylation is 2.